The van der Waals surface area contributed by atoms with Crippen LogP contribution in [-0.4, -0.2) is 44.8 Å². The Hall–Kier alpha value is -4.43. The van der Waals surface area contributed by atoms with Crippen LogP contribution in [-0.2, 0) is 32.6 Å². The van der Waals surface area contributed by atoms with Crippen molar-refractivity contribution >= 4 is 27.5 Å². The minimum atomic E-state index is -4.14. The molecule has 7 nitrogen and oxygen atoms in total. The molecule has 4 aromatic carbocycles. The van der Waals surface area contributed by atoms with E-state index in [0.29, 0.717) is 11.3 Å². The van der Waals surface area contributed by atoms with Crippen LogP contribution in [0, 0.1) is 27.7 Å². The zero-order chi connectivity index (χ0) is 31.1. The quantitative estimate of drug-likeness (QED) is 0.247. The molecule has 0 bridgehead atoms. The number of nitrogens with one attached hydrogen (secondary N) is 1. The summed E-state index contributed by atoms with van der Waals surface area (Å²) in [6.07, 6.45) is 0.270. The van der Waals surface area contributed by atoms with Crippen LogP contribution in [0.3, 0.4) is 0 Å². The van der Waals surface area contributed by atoms with E-state index >= 15 is 0 Å². The van der Waals surface area contributed by atoms with Crippen molar-refractivity contribution in [2.24, 2.45) is 0 Å². The fraction of sp³-hybridized carbons (Fsp3) is 0.257. The number of carbonyl (C=O) groups is 2. The van der Waals surface area contributed by atoms with Crippen LogP contribution < -0.4 is 9.62 Å². The first-order valence-corrected chi connectivity index (χ1v) is 15.7. The molecular weight excluding hydrogens is 558 g/mol. The number of likely N-dealkylation sites (N-methyl/N-ethyl adjacent to an activating group) is 1. The lowest BCUT2D eigenvalue weighted by atomic mass is 10.0. The molecule has 4 rings (SSSR count). The van der Waals surface area contributed by atoms with Crippen molar-refractivity contribution in [2.75, 3.05) is 17.9 Å². The Morgan fingerprint density at radius 2 is 1.37 bits per heavy atom. The van der Waals surface area contributed by atoms with Gasteiger partial charge in [-0.15, -0.1) is 0 Å². The molecule has 0 aliphatic heterocycles. The second-order valence-electron chi connectivity index (χ2n) is 10.9. The van der Waals surface area contributed by atoms with Gasteiger partial charge in [-0.25, -0.2) is 8.42 Å². The largest absolute Gasteiger partial charge is 0.357 e. The van der Waals surface area contributed by atoms with Gasteiger partial charge >= 0.3 is 0 Å². The Morgan fingerprint density at radius 1 is 0.744 bits per heavy atom. The van der Waals surface area contributed by atoms with Crippen molar-refractivity contribution in [3.8, 4) is 0 Å². The van der Waals surface area contributed by atoms with Gasteiger partial charge in [0, 0.05) is 20.0 Å². The first-order chi connectivity index (χ1) is 20.5. The fourth-order valence-electron chi connectivity index (χ4n) is 5.07. The Labute approximate surface area is 255 Å². The molecule has 0 saturated heterocycles. The monoisotopic (exact) mass is 597 g/mol. The molecule has 0 aliphatic rings. The summed E-state index contributed by atoms with van der Waals surface area (Å²) in [7, 11) is -2.60. The van der Waals surface area contributed by atoms with Crippen molar-refractivity contribution in [3.05, 3.63) is 130 Å². The lowest BCUT2D eigenvalue weighted by molar-refractivity contribution is -0.139. The van der Waals surface area contributed by atoms with Crippen molar-refractivity contribution in [1.29, 1.82) is 0 Å². The number of anilines is 1. The predicted octanol–water partition coefficient (Wildman–Crippen LogP) is 5.50. The van der Waals surface area contributed by atoms with E-state index in [9.17, 15) is 18.0 Å². The van der Waals surface area contributed by atoms with Crippen molar-refractivity contribution in [1.82, 2.24) is 10.2 Å². The highest BCUT2D eigenvalue weighted by Gasteiger charge is 2.34. The number of nitrogens with zero attached hydrogens (tertiary/aromatic N) is 2. The van der Waals surface area contributed by atoms with E-state index in [1.165, 1.54) is 9.21 Å². The molecule has 0 aromatic heterocycles. The molecular formula is C35H39N3O4S. The predicted molar refractivity (Wildman–Crippen MR) is 171 cm³/mol. The molecule has 4 aromatic rings. The summed E-state index contributed by atoms with van der Waals surface area (Å²) < 4.78 is 29.6. The highest BCUT2D eigenvalue weighted by Crippen LogP contribution is 2.29. The van der Waals surface area contributed by atoms with Gasteiger partial charge in [-0.05, 0) is 68.1 Å². The molecule has 0 unspecified atom stereocenters. The normalized spacial score (nSPS) is 11.9. The lowest BCUT2D eigenvalue weighted by Gasteiger charge is -2.34. The number of benzene rings is 4. The zero-order valence-electron chi connectivity index (χ0n) is 25.4. The molecule has 0 spiro atoms. The number of hydrogen-bond donors (Lipinski definition) is 1. The Balaban J connectivity index is 1.82. The topological polar surface area (TPSA) is 86.8 Å². The molecule has 0 heterocycles. The van der Waals surface area contributed by atoms with Crippen LogP contribution in [0.4, 0.5) is 5.69 Å². The summed E-state index contributed by atoms with van der Waals surface area (Å²) in [6, 6.07) is 28.5. The van der Waals surface area contributed by atoms with Gasteiger partial charge in [0.1, 0.15) is 12.6 Å². The summed E-state index contributed by atoms with van der Waals surface area (Å²) in [4.78, 5) is 29.4. The van der Waals surface area contributed by atoms with Gasteiger partial charge < -0.3 is 10.2 Å². The van der Waals surface area contributed by atoms with Crippen LogP contribution >= 0.6 is 0 Å². The molecule has 43 heavy (non-hydrogen) atoms. The third-order valence-corrected chi connectivity index (χ3v) is 9.25. The van der Waals surface area contributed by atoms with Crippen LogP contribution in [0.15, 0.2) is 102 Å². The average molecular weight is 598 g/mol. The van der Waals surface area contributed by atoms with Crippen molar-refractivity contribution in [2.45, 2.75) is 51.6 Å². The maximum Gasteiger partial charge on any atom is 0.264 e. The van der Waals surface area contributed by atoms with Gasteiger partial charge in [-0.2, -0.15) is 0 Å². The molecule has 0 aliphatic carbocycles. The maximum absolute atomic E-state index is 14.4. The van der Waals surface area contributed by atoms with Gasteiger partial charge in [0.25, 0.3) is 10.0 Å². The average Bonchev–Trinajstić information content (AvgIpc) is 2.99. The Bertz CT molecular complexity index is 1690. The van der Waals surface area contributed by atoms with Crippen molar-refractivity contribution in [3.63, 3.8) is 0 Å². The van der Waals surface area contributed by atoms with E-state index in [0.717, 1.165) is 27.8 Å². The third-order valence-electron chi connectivity index (χ3n) is 7.47. The van der Waals surface area contributed by atoms with E-state index in [1.54, 1.807) is 37.4 Å². The van der Waals surface area contributed by atoms with Crippen LogP contribution in [0.2, 0.25) is 0 Å². The summed E-state index contributed by atoms with van der Waals surface area (Å²) in [6.45, 7) is 7.21. The standard InChI is InChI=1S/C35H39N3O4S/c1-25-15-18-31(19-16-25)43(41,42)38(32-21-27(3)14-17-28(32)4)24-34(39)37(23-30-13-9-10-26(2)20-30)33(35(40)36-5)22-29-11-7-6-8-12-29/h6-21,33H,22-24H2,1-5H3,(H,36,40)/t33-/m0/s1. The van der Waals surface area contributed by atoms with E-state index in [2.05, 4.69) is 5.32 Å². The van der Waals surface area contributed by atoms with Gasteiger partial charge in [-0.3, -0.25) is 13.9 Å². The summed E-state index contributed by atoms with van der Waals surface area (Å²) in [5, 5.41) is 2.72. The number of amides is 2. The molecule has 1 atom stereocenters. The SMILES string of the molecule is CNC(=O)[C@H](Cc1ccccc1)N(Cc1cccc(C)c1)C(=O)CN(c1cc(C)ccc1C)S(=O)(=O)c1ccc(C)cc1. The number of hydrogen-bond acceptors (Lipinski definition) is 4. The zero-order valence-corrected chi connectivity index (χ0v) is 26.2. The highest BCUT2D eigenvalue weighted by atomic mass is 32.2. The Morgan fingerprint density at radius 3 is 2.02 bits per heavy atom. The third kappa shape index (κ3) is 7.70. The van der Waals surface area contributed by atoms with Gasteiger partial charge in [-0.1, -0.05) is 90.0 Å². The molecule has 0 saturated carbocycles. The molecule has 1 N–H and O–H groups in total. The number of sulfonamides is 1. The maximum atomic E-state index is 14.4. The molecule has 0 fully saturated rings. The van der Waals surface area contributed by atoms with Crippen LogP contribution in [0.1, 0.15) is 33.4 Å². The minimum absolute atomic E-state index is 0.0872. The smallest absolute Gasteiger partial charge is 0.264 e. The number of rotatable bonds is 11. The Kier molecular flexibility index (Phi) is 10.0. The van der Waals surface area contributed by atoms with E-state index < -0.39 is 28.5 Å². The lowest BCUT2D eigenvalue weighted by Crippen LogP contribution is -2.53. The molecule has 0 radical (unpaired) electrons. The second-order valence-corrected chi connectivity index (χ2v) is 12.8. The number of aryl methyl sites for hydroxylation is 4. The molecule has 2 amide bonds. The van der Waals surface area contributed by atoms with E-state index in [1.807, 2.05) is 94.4 Å². The minimum Gasteiger partial charge on any atom is -0.357 e. The second kappa shape index (κ2) is 13.7. The summed E-state index contributed by atoms with van der Waals surface area (Å²) >= 11 is 0. The molecule has 8 heteroatoms. The first kappa shape index (κ1) is 31.5. The molecule has 224 valence electrons. The van der Waals surface area contributed by atoms with Crippen LogP contribution in [0.5, 0.6) is 0 Å². The number of carbonyl (C=O) groups excluding carboxylic acids is 2. The fourth-order valence-corrected chi connectivity index (χ4v) is 6.54. The summed E-state index contributed by atoms with van der Waals surface area (Å²) in [5.41, 5.74) is 5.67. The van der Waals surface area contributed by atoms with Gasteiger partial charge in [0.2, 0.25) is 11.8 Å². The van der Waals surface area contributed by atoms with E-state index in [4.69, 9.17) is 0 Å². The highest BCUT2D eigenvalue weighted by molar-refractivity contribution is 7.92. The summed E-state index contributed by atoms with van der Waals surface area (Å²) in [5.74, 6) is -0.813. The first-order valence-electron chi connectivity index (χ1n) is 14.3. The van der Waals surface area contributed by atoms with Gasteiger partial charge in [0.15, 0.2) is 0 Å². The van der Waals surface area contributed by atoms with Gasteiger partial charge in [0.05, 0.1) is 10.6 Å². The van der Waals surface area contributed by atoms with Crippen LogP contribution in [0.25, 0.3) is 0 Å². The van der Waals surface area contributed by atoms with Crippen molar-refractivity contribution < 1.29 is 18.0 Å². The van der Waals surface area contributed by atoms with E-state index in [-0.39, 0.29) is 23.8 Å².